The number of carboxylic acid groups (broad SMARTS) is 1. The lowest BCUT2D eigenvalue weighted by Crippen LogP contribution is -2.33. The standard InChI is InChI=1S/C14H17BrN2O3/c1-8-3-4-10(5-12(8)15)16-14(20)17-6-9(2)11(7-17)13(18)19/h3-5,9,11H,6-7H2,1-2H3,(H,16,20)(H,18,19)/t9-,11-/m1/s1. The third kappa shape index (κ3) is 3.12. The molecule has 0 aliphatic carbocycles. The lowest BCUT2D eigenvalue weighted by atomic mass is 9.99. The van der Waals surface area contributed by atoms with E-state index >= 15 is 0 Å². The number of rotatable bonds is 2. The van der Waals surface area contributed by atoms with Crippen molar-refractivity contribution in [3.63, 3.8) is 0 Å². The molecule has 0 aromatic heterocycles. The summed E-state index contributed by atoms with van der Waals surface area (Å²) >= 11 is 3.42. The average Bonchev–Trinajstić information content (AvgIpc) is 2.76. The Labute approximate surface area is 126 Å². The number of amides is 2. The molecule has 1 aliphatic heterocycles. The SMILES string of the molecule is Cc1ccc(NC(=O)N2C[C@@H](C)[C@H](C(=O)O)C2)cc1Br. The summed E-state index contributed by atoms with van der Waals surface area (Å²) in [6.45, 7) is 4.55. The van der Waals surface area contributed by atoms with Gasteiger partial charge in [0.05, 0.1) is 5.92 Å². The molecule has 2 N–H and O–H groups in total. The van der Waals surface area contributed by atoms with Gasteiger partial charge in [-0.15, -0.1) is 0 Å². The summed E-state index contributed by atoms with van der Waals surface area (Å²) in [6.07, 6.45) is 0. The van der Waals surface area contributed by atoms with Crippen molar-refractivity contribution in [3.05, 3.63) is 28.2 Å². The van der Waals surface area contributed by atoms with Gasteiger partial charge in [-0.05, 0) is 30.5 Å². The van der Waals surface area contributed by atoms with E-state index in [1.165, 1.54) is 0 Å². The van der Waals surface area contributed by atoms with Gasteiger partial charge < -0.3 is 15.3 Å². The van der Waals surface area contributed by atoms with Crippen LogP contribution in [0.15, 0.2) is 22.7 Å². The van der Waals surface area contributed by atoms with Crippen LogP contribution in [0.5, 0.6) is 0 Å². The molecule has 108 valence electrons. The molecule has 0 spiro atoms. The minimum Gasteiger partial charge on any atom is -0.481 e. The van der Waals surface area contributed by atoms with Crippen LogP contribution in [-0.2, 0) is 4.79 Å². The summed E-state index contributed by atoms with van der Waals surface area (Å²) in [7, 11) is 0. The van der Waals surface area contributed by atoms with Crippen molar-refractivity contribution in [2.75, 3.05) is 18.4 Å². The van der Waals surface area contributed by atoms with Gasteiger partial charge in [0.15, 0.2) is 0 Å². The third-order valence-electron chi connectivity index (χ3n) is 3.64. The molecular formula is C14H17BrN2O3. The number of nitrogens with one attached hydrogen (secondary N) is 1. The fourth-order valence-electron chi connectivity index (χ4n) is 2.33. The number of hydrogen-bond acceptors (Lipinski definition) is 2. The average molecular weight is 341 g/mol. The summed E-state index contributed by atoms with van der Waals surface area (Å²) in [5.74, 6) is -1.35. The fraction of sp³-hybridized carbons (Fsp3) is 0.429. The molecule has 0 unspecified atom stereocenters. The molecule has 0 bridgehead atoms. The number of carbonyl (C=O) groups is 2. The van der Waals surface area contributed by atoms with Crippen molar-refractivity contribution in [2.24, 2.45) is 11.8 Å². The Hall–Kier alpha value is -1.56. The number of urea groups is 1. The maximum absolute atomic E-state index is 12.1. The van der Waals surface area contributed by atoms with Crippen LogP contribution in [0, 0.1) is 18.8 Å². The maximum atomic E-state index is 12.1. The number of nitrogens with zero attached hydrogens (tertiary/aromatic N) is 1. The van der Waals surface area contributed by atoms with Gasteiger partial charge in [-0.2, -0.15) is 0 Å². The first-order chi connectivity index (χ1) is 9.38. The number of likely N-dealkylation sites (tertiary alicyclic amines) is 1. The molecule has 0 radical (unpaired) electrons. The van der Waals surface area contributed by atoms with Crippen LogP contribution in [0.3, 0.4) is 0 Å². The molecule has 1 fully saturated rings. The number of aliphatic carboxylic acids is 1. The smallest absolute Gasteiger partial charge is 0.321 e. The summed E-state index contributed by atoms with van der Waals surface area (Å²) < 4.78 is 0.925. The highest BCUT2D eigenvalue weighted by Crippen LogP contribution is 2.25. The Morgan fingerprint density at radius 3 is 2.65 bits per heavy atom. The van der Waals surface area contributed by atoms with Crippen LogP contribution < -0.4 is 5.32 Å². The molecule has 1 aromatic carbocycles. The Kier molecular flexibility index (Phi) is 4.32. The minimum absolute atomic E-state index is 0.0250. The summed E-state index contributed by atoms with van der Waals surface area (Å²) in [5, 5.41) is 11.9. The number of hydrogen-bond donors (Lipinski definition) is 2. The van der Waals surface area contributed by atoms with E-state index in [9.17, 15) is 9.59 Å². The first-order valence-corrected chi connectivity index (χ1v) is 7.22. The summed E-state index contributed by atoms with van der Waals surface area (Å²) in [6, 6.07) is 5.32. The Morgan fingerprint density at radius 2 is 2.10 bits per heavy atom. The molecule has 2 rings (SSSR count). The molecule has 1 aromatic rings. The van der Waals surface area contributed by atoms with E-state index in [2.05, 4.69) is 21.2 Å². The third-order valence-corrected chi connectivity index (χ3v) is 4.49. The Bertz CT molecular complexity index is 547. The second kappa shape index (κ2) is 5.83. The lowest BCUT2D eigenvalue weighted by Gasteiger charge is -2.17. The van der Waals surface area contributed by atoms with Crippen molar-refractivity contribution in [1.82, 2.24) is 4.90 Å². The summed E-state index contributed by atoms with van der Waals surface area (Å²) in [4.78, 5) is 24.7. The number of anilines is 1. The predicted molar refractivity (Wildman–Crippen MR) is 79.8 cm³/mol. The number of carboxylic acids is 1. The molecular weight excluding hydrogens is 324 g/mol. The molecule has 1 heterocycles. The number of halogens is 1. The molecule has 6 heteroatoms. The van der Waals surface area contributed by atoms with Crippen molar-refractivity contribution in [2.45, 2.75) is 13.8 Å². The highest BCUT2D eigenvalue weighted by Gasteiger charge is 2.36. The largest absolute Gasteiger partial charge is 0.481 e. The van der Waals surface area contributed by atoms with E-state index in [1.54, 1.807) is 4.90 Å². The zero-order chi connectivity index (χ0) is 14.9. The molecule has 1 saturated heterocycles. The number of benzene rings is 1. The van der Waals surface area contributed by atoms with Gasteiger partial charge in [-0.1, -0.05) is 28.9 Å². The zero-order valence-electron chi connectivity index (χ0n) is 11.4. The second-order valence-electron chi connectivity index (χ2n) is 5.22. The highest BCUT2D eigenvalue weighted by molar-refractivity contribution is 9.10. The van der Waals surface area contributed by atoms with E-state index < -0.39 is 11.9 Å². The fourth-order valence-corrected chi connectivity index (χ4v) is 2.71. The van der Waals surface area contributed by atoms with Crippen LogP contribution in [0.4, 0.5) is 10.5 Å². The van der Waals surface area contributed by atoms with E-state index in [1.807, 2.05) is 32.0 Å². The van der Waals surface area contributed by atoms with E-state index in [4.69, 9.17) is 5.11 Å². The molecule has 1 aliphatic rings. The highest BCUT2D eigenvalue weighted by atomic mass is 79.9. The monoisotopic (exact) mass is 340 g/mol. The normalized spacial score (nSPS) is 21.9. The molecule has 2 amide bonds. The summed E-state index contributed by atoms with van der Waals surface area (Å²) in [5.41, 5.74) is 1.78. The van der Waals surface area contributed by atoms with Crippen molar-refractivity contribution in [1.29, 1.82) is 0 Å². The zero-order valence-corrected chi connectivity index (χ0v) is 13.0. The van der Waals surface area contributed by atoms with Crippen LogP contribution in [-0.4, -0.2) is 35.1 Å². The first-order valence-electron chi connectivity index (χ1n) is 6.43. The molecule has 5 nitrogen and oxygen atoms in total. The molecule has 2 atom stereocenters. The van der Waals surface area contributed by atoms with Crippen LogP contribution in [0.2, 0.25) is 0 Å². The van der Waals surface area contributed by atoms with Gasteiger partial charge in [-0.25, -0.2) is 4.79 Å². The Morgan fingerprint density at radius 1 is 1.40 bits per heavy atom. The van der Waals surface area contributed by atoms with Gasteiger partial charge in [0.25, 0.3) is 0 Å². The van der Waals surface area contributed by atoms with Gasteiger partial charge in [0, 0.05) is 23.2 Å². The lowest BCUT2D eigenvalue weighted by molar-refractivity contribution is -0.142. The first kappa shape index (κ1) is 14.8. The molecule has 20 heavy (non-hydrogen) atoms. The Balaban J connectivity index is 2.02. The van der Waals surface area contributed by atoms with E-state index in [0.717, 1.165) is 10.0 Å². The molecule has 0 saturated carbocycles. The number of aryl methyl sites for hydroxylation is 1. The van der Waals surface area contributed by atoms with Gasteiger partial charge in [0.1, 0.15) is 0 Å². The topological polar surface area (TPSA) is 69.6 Å². The van der Waals surface area contributed by atoms with Gasteiger partial charge >= 0.3 is 12.0 Å². The predicted octanol–water partition coefficient (Wildman–Crippen LogP) is 2.94. The van der Waals surface area contributed by atoms with Crippen molar-refractivity contribution < 1.29 is 14.7 Å². The van der Waals surface area contributed by atoms with Crippen molar-refractivity contribution >= 4 is 33.6 Å². The van der Waals surface area contributed by atoms with Gasteiger partial charge in [-0.3, -0.25) is 4.79 Å². The van der Waals surface area contributed by atoms with Crippen LogP contribution in [0.1, 0.15) is 12.5 Å². The minimum atomic E-state index is -0.842. The maximum Gasteiger partial charge on any atom is 0.321 e. The van der Waals surface area contributed by atoms with Crippen LogP contribution in [0.25, 0.3) is 0 Å². The number of carbonyl (C=O) groups excluding carboxylic acids is 1. The van der Waals surface area contributed by atoms with E-state index in [-0.39, 0.29) is 18.5 Å². The second-order valence-corrected chi connectivity index (χ2v) is 6.08. The van der Waals surface area contributed by atoms with Crippen molar-refractivity contribution in [3.8, 4) is 0 Å². The van der Waals surface area contributed by atoms with Crippen LogP contribution >= 0.6 is 15.9 Å². The van der Waals surface area contributed by atoms with E-state index in [0.29, 0.717) is 12.2 Å². The van der Waals surface area contributed by atoms with Gasteiger partial charge in [0.2, 0.25) is 0 Å². The quantitative estimate of drug-likeness (QED) is 0.869.